The van der Waals surface area contributed by atoms with Crippen molar-refractivity contribution >= 4 is 0 Å². The van der Waals surface area contributed by atoms with Gasteiger partial charge in [-0.3, -0.25) is 0 Å². The van der Waals surface area contributed by atoms with E-state index >= 15 is 0 Å². The fourth-order valence-electron chi connectivity index (χ4n) is 4.33. The van der Waals surface area contributed by atoms with Crippen molar-refractivity contribution in [2.45, 2.75) is 78.9 Å². The molecule has 0 aromatic carbocycles. The van der Waals surface area contributed by atoms with Gasteiger partial charge < -0.3 is 10.1 Å². The average molecular weight is 267 g/mol. The second-order valence-electron chi connectivity index (χ2n) is 7.74. The van der Waals surface area contributed by atoms with Crippen molar-refractivity contribution in [3.8, 4) is 0 Å². The van der Waals surface area contributed by atoms with Crippen LogP contribution in [0.1, 0.15) is 66.7 Å². The average Bonchev–Trinajstić information content (AvgIpc) is 2.66. The minimum atomic E-state index is 0.373. The molecular formula is C17H33NO. The SMILES string of the molecule is CC(C)OCCCCNC1CC2CCC1(C)C2(C)C. The predicted molar refractivity (Wildman–Crippen MR) is 81.3 cm³/mol. The number of unbranched alkanes of at least 4 members (excludes halogenated alkanes) is 1. The first kappa shape index (κ1) is 15.3. The number of hydrogen-bond acceptors (Lipinski definition) is 2. The molecule has 2 aliphatic carbocycles. The number of hydrogen-bond donors (Lipinski definition) is 1. The highest BCUT2D eigenvalue weighted by molar-refractivity contribution is 5.12. The highest BCUT2D eigenvalue weighted by Gasteiger charge is 2.60. The lowest BCUT2D eigenvalue weighted by Gasteiger charge is -2.39. The van der Waals surface area contributed by atoms with Gasteiger partial charge in [0.1, 0.15) is 0 Å². The third-order valence-corrected chi connectivity index (χ3v) is 6.21. The van der Waals surface area contributed by atoms with Crippen molar-refractivity contribution in [3.05, 3.63) is 0 Å². The zero-order chi connectivity index (χ0) is 14.1. The molecule has 2 rings (SSSR count). The summed E-state index contributed by atoms with van der Waals surface area (Å²) in [6.45, 7) is 13.8. The Hall–Kier alpha value is -0.0800. The van der Waals surface area contributed by atoms with Gasteiger partial charge >= 0.3 is 0 Å². The van der Waals surface area contributed by atoms with Crippen LogP contribution in [0.2, 0.25) is 0 Å². The standard InChI is InChI=1S/C17H33NO/c1-13(2)19-11-7-6-10-18-15-12-14-8-9-17(15,5)16(14,3)4/h13-15,18H,6-12H2,1-5H3. The van der Waals surface area contributed by atoms with E-state index in [0.717, 1.165) is 25.1 Å². The van der Waals surface area contributed by atoms with Crippen LogP contribution in [-0.2, 0) is 4.74 Å². The minimum absolute atomic E-state index is 0.373. The number of rotatable bonds is 7. The molecule has 2 fully saturated rings. The van der Waals surface area contributed by atoms with Crippen LogP contribution < -0.4 is 5.32 Å². The van der Waals surface area contributed by atoms with E-state index in [2.05, 4.69) is 39.9 Å². The van der Waals surface area contributed by atoms with Crippen molar-refractivity contribution < 1.29 is 4.74 Å². The summed E-state index contributed by atoms with van der Waals surface area (Å²) in [5, 5.41) is 3.84. The predicted octanol–water partition coefficient (Wildman–Crippen LogP) is 4.00. The van der Waals surface area contributed by atoms with Gasteiger partial charge in [0.15, 0.2) is 0 Å². The highest BCUT2D eigenvalue weighted by Crippen LogP contribution is 2.65. The van der Waals surface area contributed by atoms with E-state index in [1.165, 1.54) is 32.1 Å². The van der Waals surface area contributed by atoms with E-state index in [1.54, 1.807) is 0 Å². The van der Waals surface area contributed by atoms with E-state index in [0.29, 0.717) is 16.9 Å². The minimum Gasteiger partial charge on any atom is -0.379 e. The lowest BCUT2D eigenvalue weighted by Crippen LogP contribution is -2.44. The third-order valence-electron chi connectivity index (χ3n) is 6.21. The Morgan fingerprint density at radius 3 is 2.47 bits per heavy atom. The summed E-state index contributed by atoms with van der Waals surface area (Å²) in [5.74, 6) is 0.944. The maximum absolute atomic E-state index is 5.59. The summed E-state index contributed by atoms with van der Waals surface area (Å²) in [4.78, 5) is 0. The normalized spacial score (nSPS) is 36.3. The molecule has 0 radical (unpaired) electrons. The van der Waals surface area contributed by atoms with E-state index < -0.39 is 0 Å². The molecule has 3 unspecified atom stereocenters. The maximum Gasteiger partial charge on any atom is 0.0518 e. The summed E-state index contributed by atoms with van der Waals surface area (Å²) in [5.41, 5.74) is 1.05. The van der Waals surface area contributed by atoms with E-state index in [1.807, 2.05) is 0 Å². The number of ether oxygens (including phenoxy) is 1. The third kappa shape index (κ3) is 2.85. The Morgan fingerprint density at radius 1 is 1.21 bits per heavy atom. The largest absolute Gasteiger partial charge is 0.379 e. The van der Waals surface area contributed by atoms with Crippen LogP contribution in [0.25, 0.3) is 0 Å². The van der Waals surface area contributed by atoms with Gasteiger partial charge in [0.25, 0.3) is 0 Å². The Balaban J connectivity index is 1.68. The molecule has 19 heavy (non-hydrogen) atoms. The van der Waals surface area contributed by atoms with Crippen LogP contribution in [0.4, 0.5) is 0 Å². The molecule has 2 nitrogen and oxygen atoms in total. The lowest BCUT2D eigenvalue weighted by molar-refractivity contribution is 0.0751. The van der Waals surface area contributed by atoms with Gasteiger partial charge in [-0.05, 0) is 69.2 Å². The maximum atomic E-state index is 5.59. The molecule has 0 aliphatic heterocycles. The monoisotopic (exact) mass is 267 g/mol. The molecule has 0 amide bonds. The van der Waals surface area contributed by atoms with Gasteiger partial charge in [0.2, 0.25) is 0 Å². The fraction of sp³-hybridized carbons (Fsp3) is 1.00. The molecule has 0 aromatic heterocycles. The van der Waals surface area contributed by atoms with E-state index in [4.69, 9.17) is 4.74 Å². The fourth-order valence-corrected chi connectivity index (χ4v) is 4.33. The van der Waals surface area contributed by atoms with Crippen molar-refractivity contribution in [1.82, 2.24) is 5.32 Å². The summed E-state index contributed by atoms with van der Waals surface area (Å²) in [7, 11) is 0. The molecule has 2 bridgehead atoms. The molecule has 0 heterocycles. The molecule has 1 N–H and O–H groups in total. The van der Waals surface area contributed by atoms with Crippen LogP contribution in [0, 0.1) is 16.7 Å². The topological polar surface area (TPSA) is 21.3 Å². The van der Waals surface area contributed by atoms with Gasteiger partial charge in [0.05, 0.1) is 6.10 Å². The summed E-state index contributed by atoms with van der Waals surface area (Å²) < 4.78 is 5.59. The van der Waals surface area contributed by atoms with Crippen molar-refractivity contribution in [2.75, 3.05) is 13.2 Å². The van der Waals surface area contributed by atoms with Gasteiger partial charge in [-0.2, -0.15) is 0 Å². The molecule has 2 heteroatoms. The number of fused-ring (bicyclic) bond motifs is 2. The van der Waals surface area contributed by atoms with Crippen molar-refractivity contribution in [2.24, 2.45) is 16.7 Å². The summed E-state index contributed by atoms with van der Waals surface area (Å²) >= 11 is 0. The zero-order valence-corrected chi connectivity index (χ0v) is 13.6. The zero-order valence-electron chi connectivity index (χ0n) is 13.6. The lowest BCUT2D eigenvalue weighted by atomic mass is 9.69. The van der Waals surface area contributed by atoms with E-state index in [9.17, 15) is 0 Å². The molecule has 0 aromatic rings. The molecule has 112 valence electrons. The second-order valence-corrected chi connectivity index (χ2v) is 7.74. The quantitative estimate of drug-likeness (QED) is 0.704. The molecule has 2 saturated carbocycles. The Morgan fingerprint density at radius 2 is 1.95 bits per heavy atom. The summed E-state index contributed by atoms with van der Waals surface area (Å²) in [6, 6.07) is 0.743. The van der Waals surface area contributed by atoms with Gasteiger partial charge in [-0.25, -0.2) is 0 Å². The van der Waals surface area contributed by atoms with Crippen LogP contribution in [0.5, 0.6) is 0 Å². The molecule has 2 aliphatic rings. The van der Waals surface area contributed by atoms with E-state index in [-0.39, 0.29) is 0 Å². The van der Waals surface area contributed by atoms with Crippen LogP contribution in [-0.4, -0.2) is 25.3 Å². The first-order valence-corrected chi connectivity index (χ1v) is 8.23. The molecule has 0 spiro atoms. The molecule has 3 atom stereocenters. The van der Waals surface area contributed by atoms with Crippen molar-refractivity contribution in [1.29, 1.82) is 0 Å². The Bertz CT molecular complexity index is 300. The van der Waals surface area contributed by atoms with Crippen LogP contribution in [0.15, 0.2) is 0 Å². The molecular weight excluding hydrogens is 234 g/mol. The van der Waals surface area contributed by atoms with Gasteiger partial charge in [-0.1, -0.05) is 20.8 Å². The number of nitrogens with one attached hydrogen (secondary N) is 1. The van der Waals surface area contributed by atoms with Gasteiger partial charge in [0, 0.05) is 12.6 Å². The smallest absolute Gasteiger partial charge is 0.0518 e. The van der Waals surface area contributed by atoms with Crippen LogP contribution in [0.3, 0.4) is 0 Å². The summed E-state index contributed by atoms with van der Waals surface area (Å²) in [6.07, 6.45) is 7.05. The first-order chi connectivity index (χ1) is 8.88. The molecule has 0 saturated heterocycles. The van der Waals surface area contributed by atoms with Crippen molar-refractivity contribution in [3.63, 3.8) is 0 Å². The Labute approximate surface area is 119 Å². The first-order valence-electron chi connectivity index (χ1n) is 8.23. The highest BCUT2D eigenvalue weighted by atomic mass is 16.5. The Kier molecular flexibility index (Phi) is 4.62. The van der Waals surface area contributed by atoms with Crippen LogP contribution >= 0.6 is 0 Å². The van der Waals surface area contributed by atoms with Gasteiger partial charge in [-0.15, -0.1) is 0 Å². The second kappa shape index (κ2) is 5.73.